The predicted molar refractivity (Wildman–Crippen MR) is 45.0 cm³/mol. The molecule has 0 spiro atoms. The van der Waals surface area contributed by atoms with Crippen LogP contribution in [0.1, 0.15) is 32.6 Å². The van der Waals surface area contributed by atoms with Gasteiger partial charge in [0.2, 0.25) is 0 Å². The molecule has 0 saturated heterocycles. The number of hydrogen-bond donors (Lipinski definition) is 1. The van der Waals surface area contributed by atoms with E-state index in [1.54, 1.807) is 0 Å². The molecule has 1 atom stereocenters. The van der Waals surface area contributed by atoms with Gasteiger partial charge in [-0.05, 0) is 32.7 Å². The summed E-state index contributed by atoms with van der Waals surface area (Å²) in [6, 6.07) is 2.36. The van der Waals surface area contributed by atoms with Gasteiger partial charge in [-0.15, -0.1) is 0 Å². The van der Waals surface area contributed by atoms with Crippen LogP contribution in [0.15, 0.2) is 0 Å². The molecule has 0 bridgehead atoms. The Kier molecular flexibility index (Phi) is 2.51. The minimum absolute atomic E-state index is 0.281. The van der Waals surface area contributed by atoms with Gasteiger partial charge in [-0.1, -0.05) is 12.8 Å². The smallest absolute Gasteiger partial charge is 0.106 e. The first-order valence-electron chi connectivity index (χ1n) is 4.33. The molecule has 2 heteroatoms. The maximum Gasteiger partial charge on any atom is 0.106 e. The van der Waals surface area contributed by atoms with Crippen molar-refractivity contribution < 1.29 is 0 Å². The second-order valence-electron chi connectivity index (χ2n) is 3.55. The van der Waals surface area contributed by atoms with Crippen LogP contribution in [0.5, 0.6) is 0 Å². The van der Waals surface area contributed by atoms with E-state index in [1.807, 2.05) is 14.0 Å². The molecule has 0 aromatic heterocycles. The predicted octanol–water partition coefficient (Wildman–Crippen LogP) is 1.68. The summed E-state index contributed by atoms with van der Waals surface area (Å²) in [7, 11) is 1.88. The van der Waals surface area contributed by atoms with Crippen LogP contribution in [0.4, 0.5) is 0 Å². The van der Waals surface area contributed by atoms with Gasteiger partial charge < -0.3 is 5.32 Å². The van der Waals surface area contributed by atoms with Gasteiger partial charge in [0.15, 0.2) is 0 Å². The van der Waals surface area contributed by atoms with Crippen LogP contribution in [-0.2, 0) is 0 Å². The highest BCUT2D eigenvalue weighted by Gasteiger charge is 2.34. The van der Waals surface area contributed by atoms with Crippen LogP contribution < -0.4 is 5.32 Å². The van der Waals surface area contributed by atoms with Crippen molar-refractivity contribution >= 4 is 0 Å². The lowest BCUT2D eigenvalue weighted by molar-refractivity contribution is 0.321. The van der Waals surface area contributed by atoms with Crippen molar-refractivity contribution in [1.29, 1.82) is 5.26 Å². The Hall–Kier alpha value is -0.550. The molecule has 1 aliphatic rings. The highest BCUT2D eigenvalue weighted by molar-refractivity contribution is 5.08. The van der Waals surface area contributed by atoms with Crippen molar-refractivity contribution in [2.24, 2.45) is 5.92 Å². The largest absolute Gasteiger partial charge is 0.302 e. The normalized spacial score (nSPS) is 24.5. The molecule has 1 aliphatic carbocycles. The third kappa shape index (κ3) is 1.54. The standard InChI is InChI=1S/C9H16N2/c1-9(7-10,11-2)8-5-3-4-6-8/h8,11H,3-6H2,1-2H3. The second kappa shape index (κ2) is 3.23. The van der Waals surface area contributed by atoms with E-state index < -0.39 is 0 Å². The highest BCUT2D eigenvalue weighted by atomic mass is 14.9. The van der Waals surface area contributed by atoms with Gasteiger partial charge in [-0.25, -0.2) is 0 Å². The van der Waals surface area contributed by atoms with Gasteiger partial charge in [-0.2, -0.15) is 5.26 Å². The maximum atomic E-state index is 8.93. The van der Waals surface area contributed by atoms with E-state index in [0.29, 0.717) is 5.92 Å². The van der Waals surface area contributed by atoms with Crippen molar-refractivity contribution in [3.63, 3.8) is 0 Å². The molecule has 2 nitrogen and oxygen atoms in total. The molecule has 0 amide bonds. The number of rotatable bonds is 2. The van der Waals surface area contributed by atoms with E-state index in [2.05, 4.69) is 11.4 Å². The molecule has 1 N–H and O–H groups in total. The number of nitrogens with zero attached hydrogens (tertiary/aromatic N) is 1. The van der Waals surface area contributed by atoms with Gasteiger partial charge in [0, 0.05) is 0 Å². The highest BCUT2D eigenvalue weighted by Crippen LogP contribution is 2.33. The number of nitrogens with one attached hydrogen (secondary N) is 1. The van der Waals surface area contributed by atoms with E-state index >= 15 is 0 Å². The minimum Gasteiger partial charge on any atom is -0.302 e. The molecule has 0 aromatic carbocycles. The molecule has 0 aromatic rings. The lowest BCUT2D eigenvalue weighted by atomic mass is 9.86. The maximum absolute atomic E-state index is 8.93. The Bertz CT molecular complexity index is 165. The first-order chi connectivity index (χ1) is 5.23. The lowest BCUT2D eigenvalue weighted by Gasteiger charge is -2.27. The summed E-state index contributed by atoms with van der Waals surface area (Å²) in [4.78, 5) is 0. The van der Waals surface area contributed by atoms with E-state index in [-0.39, 0.29) is 5.54 Å². The fourth-order valence-electron chi connectivity index (χ4n) is 1.85. The Morgan fingerprint density at radius 2 is 2.00 bits per heavy atom. The van der Waals surface area contributed by atoms with Crippen LogP contribution in [0, 0.1) is 17.2 Å². The SMILES string of the molecule is CNC(C)(C#N)C1CCCC1. The Morgan fingerprint density at radius 3 is 2.36 bits per heavy atom. The molecule has 1 rings (SSSR count). The second-order valence-corrected chi connectivity index (χ2v) is 3.55. The number of hydrogen-bond acceptors (Lipinski definition) is 2. The van der Waals surface area contributed by atoms with E-state index in [4.69, 9.17) is 5.26 Å². The lowest BCUT2D eigenvalue weighted by Crippen LogP contribution is -2.44. The third-order valence-electron chi connectivity index (χ3n) is 2.92. The molecule has 11 heavy (non-hydrogen) atoms. The van der Waals surface area contributed by atoms with Crippen molar-refractivity contribution in [2.75, 3.05) is 7.05 Å². The van der Waals surface area contributed by atoms with Crippen LogP contribution >= 0.6 is 0 Å². The van der Waals surface area contributed by atoms with Crippen molar-refractivity contribution in [2.45, 2.75) is 38.1 Å². The Labute approximate surface area is 68.6 Å². The zero-order valence-corrected chi connectivity index (χ0v) is 7.35. The van der Waals surface area contributed by atoms with Crippen molar-refractivity contribution in [1.82, 2.24) is 5.32 Å². The molecule has 0 heterocycles. The van der Waals surface area contributed by atoms with Crippen LogP contribution in [-0.4, -0.2) is 12.6 Å². The monoisotopic (exact) mass is 152 g/mol. The zero-order valence-electron chi connectivity index (χ0n) is 7.35. The summed E-state index contributed by atoms with van der Waals surface area (Å²) in [5, 5.41) is 12.0. The van der Waals surface area contributed by atoms with Crippen LogP contribution in [0.2, 0.25) is 0 Å². The summed E-state index contributed by atoms with van der Waals surface area (Å²) in [6.45, 7) is 2.00. The quantitative estimate of drug-likeness (QED) is 0.653. The molecule has 0 aliphatic heterocycles. The summed E-state index contributed by atoms with van der Waals surface area (Å²) in [5.41, 5.74) is -0.281. The molecular weight excluding hydrogens is 136 g/mol. The van der Waals surface area contributed by atoms with E-state index in [0.717, 1.165) is 0 Å². The molecular formula is C9H16N2. The average molecular weight is 152 g/mol. The zero-order chi connectivity index (χ0) is 8.32. The van der Waals surface area contributed by atoms with Crippen molar-refractivity contribution in [3.05, 3.63) is 0 Å². The first-order valence-corrected chi connectivity index (χ1v) is 4.33. The minimum atomic E-state index is -0.281. The molecule has 62 valence electrons. The molecule has 1 saturated carbocycles. The van der Waals surface area contributed by atoms with Crippen molar-refractivity contribution in [3.8, 4) is 6.07 Å². The van der Waals surface area contributed by atoms with Gasteiger partial charge in [0.25, 0.3) is 0 Å². The summed E-state index contributed by atoms with van der Waals surface area (Å²) < 4.78 is 0. The summed E-state index contributed by atoms with van der Waals surface area (Å²) in [6.07, 6.45) is 5.02. The van der Waals surface area contributed by atoms with Gasteiger partial charge >= 0.3 is 0 Å². The average Bonchev–Trinajstić information content (AvgIpc) is 2.55. The van der Waals surface area contributed by atoms with E-state index in [9.17, 15) is 0 Å². The van der Waals surface area contributed by atoms with Crippen LogP contribution in [0.25, 0.3) is 0 Å². The first kappa shape index (κ1) is 8.55. The topological polar surface area (TPSA) is 35.8 Å². The van der Waals surface area contributed by atoms with Gasteiger partial charge in [0.05, 0.1) is 6.07 Å². The summed E-state index contributed by atoms with van der Waals surface area (Å²) in [5.74, 6) is 0.567. The van der Waals surface area contributed by atoms with E-state index in [1.165, 1.54) is 25.7 Å². The fraction of sp³-hybridized carbons (Fsp3) is 0.889. The van der Waals surface area contributed by atoms with Gasteiger partial charge in [-0.3, -0.25) is 0 Å². The summed E-state index contributed by atoms with van der Waals surface area (Å²) >= 11 is 0. The molecule has 1 fully saturated rings. The molecule has 1 unspecified atom stereocenters. The number of nitriles is 1. The molecule has 0 radical (unpaired) electrons. The van der Waals surface area contributed by atoms with Crippen LogP contribution in [0.3, 0.4) is 0 Å². The Balaban J connectivity index is 2.61. The Morgan fingerprint density at radius 1 is 1.45 bits per heavy atom. The third-order valence-corrected chi connectivity index (χ3v) is 2.92. The van der Waals surface area contributed by atoms with Gasteiger partial charge in [0.1, 0.15) is 5.54 Å². The fourth-order valence-corrected chi connectivity index (χ4v) is 1.85.